The highest BCUT2D eigenvalue weighted by Crippen LogP contribution is 2.45. The van der Waals surface area contributed by atoms with Crippen molar-refractivity contribution in [1.29, 1.82) is 0 Å². The molecule has 3 aromatic rings. The van der Waals surface area contributed by atoms with E-state index in [1.54, 1.807) is 18.2 Å². The van der Waals surface area contributed by atoms with Gasteiger partial charge >= 0.3 is 0 Å². The van der Waals surface area contributed by atoms with Crippen LogP contribution in [0.5, 0.6) is 28.7 Å². The van der Waals surface area contributed by atoms with Crippen LogP contribution in [0.4, 0.5) is 0 Å². The minimum Gasteiger partial charge on any atom is -0.504 e. The van der Waals surface area contributed by atoms with E-state index in [2.05, 4.69) is 0 Å². The van der Waals surface area contributed by atoms with Crippen LogP contribution in [-0.2, 0) is 0 Å². The van der Waals surface area contributed by atoms with Crippen molar-refractivity contribution in [2.24, 2.45) is 0 Å². The maximum absolute atomic E-state index is 12.9. The number of ether oxygens (including phenoxy) is 4. The molecular formula is C18H14O7. The number of hydrogen-bond donors (Lipinski definition) is 1. The molecule has 128 valence electrons. The number of benzene rings is 2. The third-order valence-electron chi connectivity index (χ3n) is 4.07. The zero-order chi connectivity index (χ0) is 17.6. The van der Waals surface area contributed by atoms with Crippen LogP contribution in [0, 0.1) is 0 Å². The number of hydrogen-bond acceptors (Lipinski definition) is 7. The lowest BCUT2D eigenvalue weighted by Gasteiger charge is -2.10. The summed E-state index contributed by atoms with van der Waals surface area (Å²) in [6.45, 7) is -0.0179. The summed E-state index contributed by atoms with van der Waals surface area (Å²) in [5.41, 5.74) is 0.688. The summed E-state index contributed by atoms with van der Waals surface area (Å²) in [6, 6.07) is 6.60. The molecule has 1 aliphatic rings. The molecule has 2 aromatic carbocycles. The van der Waals surface area contributed by atoms with Crippen molar-refractivity contribution in [1.82, 2.24) is 0 Å². The molecule has 2 heterocycles. The van der Waals surface area contributed by atoms with Gasteiger partial charge in [-0.1, -0.05) is 6.07 Å². The topological polar surface area (TPSA) is 87.4 Å². The van der Waals surface area contributed by atoms with Crippen LogP contribution in [0.3, 0.4) is 0 Å². The third-order valence-corrected chi connectivity index (χ3v) is 4.07. The van der Waals surface area contributed by atoms with Crippen LogP contribution in [0.15, 0.2) is 39.7 Å². The molecule has 25 heavy (non-hydrogen) atoms. The zero-order valence-electron chi connectivity index (χ0n) is 13.5. The van der Waals surface area contributed by atoms with Crippen LogP contribution in [-0.4, -0.2) is 26.1 Å². The van der Waals surface area contributed by atoms with Crippen molar-refractivity contribution in [3.8, 4) is 39.9 Å². The Kier molecular flexibility index (Phi) is 3.42. The number of fused-ring (bicyclic) bond motifs is 2. The molecule has 0 saturated heterocycles. The number of aromatic hydroxyl groups is 1. The summed E-state index contributed by atoms with van der Waals surface area (Å²) in [5.74, 6) is 1.22. The number of phenols is 1. The molecule has 1 aromatic heterocycles. The van der Waals surface area contributed by atoms with Crippen LogP contribution >= 0.6 is 0 Å². The third kappa shape index (κ3) is 2.24. The standard InChI is InChI=1S/C18H14O7/c1-21-11-4-3-9(5-12(11)22-2)10-7-23-13-6-14-18(25-8-24-14)17(20)15(13)16(10)19/h3-7,20H,8H2,1-2H3. The maximum Gasteiger partial charge on any atom is 0.231 e. The molecule has 0 bridgehead atoms. The van der Waals surface area contributed by atoms with Crippen molar-refractivity contribution < 1.29 is 28.5 Å². The molecule has 0 fully saturated rings. The second kappa shape index (κ2) is 5.62. The van der Waals surface area contributed by atoms with Crippen LogP contribution in [0.1, 0.15) is 0 Å². The maximum atomic E-state index is 12.9. The van der Waals surface area contributed by atoms with Gasteiger partial charge in [0.2, 0.25) is 18.0 Å². The first-order valence-corrected chi connectivity index (χ1v) is 7.43. The van der Waals surface area contributed by atoms with E-state index in [0.717, 1.165) is 0 Å². The van der Waals surface area contributed by atoms with Gasteiger partial charge in [0.1, 0.15) is 17.2 Å². The SMILES string of the molecule is COc1ccc(-c2coc3cc4c(c(O)c3c2=O)OCO4)cc1OC. The molecule has 1 aliphatic heterocycles. The Morgan fingerprint density at radius 1 is 1.08 bits per heavy atom. The summed E-state index contributed by atoms with van der Waals surface area (Å²) in [4.78, 5) is 12.9. The summed E-state index contributed by atoms with van der Waals surface area (Å²) in [6.07, 6.45) is 1.34. The van der Waals surface area contributed by atoms with E-state index in [0.29, 0.717) is 22.8 Å². The molecule has 0 atom stereocenters. The van der Waals surface area contributed by atoms with Crippen molar-refractivity contribution in [3.63, 3.8) is 0 Å². The normalized spacial score (nSPS) is 12.4. The summed E-state index contributed by atoms with van der Waals surface area (Å²) >= 11 is 0. The van der Waals surface area contributed by atoms with Gasteiger partial charge < -0.3 is 28.5 Å². The molecule has 0 amide bonds. The first-order chi connectivity index (χ1) is 12.1. The van der Waals surface area contributed by atoms with Gasteiger partial charge in [0.15, 0.2) is 23.0 Å². The van der Waals surface area contributed by atoms with Gasteiger partial charge in [-0.15, -0.1) is 0 Å². The van der Waals surface area contributed by atoms with E-state index < -0.39 is 0 Å². The molecule has 4 rings (SSSR count). The molecule has 0 radical (unpaired) electrons. The van der Waals surface area contributed by atoms with E-state index in [-0.39, 0.29) is 40.3 Å². The highest BCUT2D eigenvalue weighted by Gasteiger charge is 2.24. The Morgan fingerprint density at radius 2 is 1.88 bits per heavy atom. The van der Waals surface area contributed by atoms with Gasteiger partial charge in [-0.05, 0) is 17.7 Å². The predicted octanol–water partition coefficient (Wildman–Crippen LogP) is 2.91. The first-order valence-electron chi connectivity index (χ1n) is 7.43. The Balaban J connectivity index is 1.95. The van der Waals surface area contributed by atoms with Gasteiger partial charge in [0.25, 0.3) is 0 Å². The largest absolute Gasteiger partial charge is 0.504 e. The molecule has 0 aliphatic carbocycles. The minimum atomic E-state index is -0.385. The highest BCUT2D eigenvalue weighted by molar-refractivity contribution is 5.91. The molecule has 7 heteroatoms. The molecule has 1 N–H and O–H groups in total. The fraction of sp³-hybridized carbons (Fsp3) is 0.167. The summed E-state index contributed by atoms with van der Waals surface area (Å²) in [5, 5.41) is 10.4. The van der Waals surface area contributed by atoms with Crippen molar-refractivity contribution in [2.45, 2.75) is 0 Å². The Bertz CT molecular complexity index is 1040. The Labute approximate surface area is 141 Å². The number of rotatable bonds is 3. The lowest BCUT2D eigenvalue weighted by Crippen LogP contribution is -2.05. The highest BCUT2D eigenvalue weighted by atomic mass is 16.7. The van der Waals surface area contributed by atoms with Crippen molar-refractivity contribution in [3.05, 3.63) is 40.8 Å². The number of methoxy groups -OCH3 is 2. The van der Waals surface area contributed by atoms with Gasteiger partial charge in [0, 0.05) is 6.07 Å². The van der Waals surface area contributed by atoms with Gasteiger partial charge in [-0.25, -0.2) is 0 Å². The quantitative estimate of drug-likeness (QED) is 0.783. The summed E-state index contributed by atoms with van der Waals surface area (Å²) < 4.78 is 26.5. The zero-order valence-corrected chi connectivity index (χ0v) is 13.5. The Morgan fingerprint density at radius 3 is 2.64 bits per heavy atom. The smallest absolute Gasteiger partial charge is 0.231 e. The Hall–Kier alpha value is -3.35. The molecular weight excluding hydrogens is 328 g/mol. The molecule has 0 saturated carbocycles. The van der Waals surface area contributed by atoms with Crippen LogP contribution in [0.2, 0.25) is 0 Å². The first kappa shape index (κ1) is 15.2. The molecule has 0 spiro atoms. The van der Waals surface area contributed by atoms with Gasteiger partial charge in [0.05, 0.1) is 19.8 Å². The van der Waals surface area contributed by atoms with E-state index in [4.69, 9.17) is 23.4 Å². The average molecular weight is 342 g/mol. The van der Waals surface area contributed by atoms with E-state index in [1.165, 1.54) is 26.5 Å². The second-order valence-electron chi connectivity index (χ2n) is 5.38. The fourth-order valence-electron chi connectivity index (χ4n) is 2.83. The van der Waals surface area contributed by atoms with Crippen molar-refractivity contribution in [2.75, 3.05) is 21.0 Å². The molecule has 0 unspecified atom stereocenters. The van der Waals surface area contributed by atoms with Gasteiger partial charge in [-0.3, -0.25) is 4.79 Å². The van der Waals surface area contributed by atoms with Crippen LogP contribution < -0.4 is 24.4 Å². The van der Waals surface area contributed by atoms with Gasteiger partial charge in [-0.2, -0.15) is 0 Å². The monoisotopic (exact) mass is 342 g/mol. The average Bonchev–Trinajstić information content (AvgIpc) is 3.10. The van der Waals surface area contributed by atoms with E-state index in [9.17, 15) is 9.90 Å². The van der Waals surface area contributed by atoms with E-state index >= 15 is 0 Å². The summed E-state index contributed by atoms with van der Waals surface area (Å²) in [7, 11) is 3.04. The van der Waals surface area contributed by atoms with Crippen LogP contribution in [0.25, 0.3) is 22.1 Å². The number of phenolic OH excluding ortho intramolecular Hbond substituents is 1. The lowest BCUT2D eigenvalue weighted by molar-refractivity contribution is 0.171. The molecule has 7 nitrogen and oxygen atoms in total. The van der Waals surface area contributed by atoms with Crippen molar-refractivity contribution >= 4 is 11.0 Å². The van der Waals surface area contributed by atoms with E-state index in [1.807, 2.05) is 0 Å². The predicted molar refractivity (Wildman–Crippen MR) is 88.8 cm³/mol. The minimum absolute atomic E-state index is 0.0179. The second-order valence-corrected chi connectivity index (χ2v) is 5.38. The fourth-order valence-corrected chi connectivity index (χ4v) is 2.83. The lowest BCUT2D eigenvalue weighted by atomic mass is 10.0.